The molecule has 0 heterocycles. The van der Waals surface area contributed by atoms with Crippen molar-refractivity contribution in [1.29, 1.82) is 0 Å². The van der Waals surface area contributed by atoms with Crippen molar-refractivity contribution in [2.24, 2.45) is 17.3 Å². The number of carbonyl (C=O) groups is 1. The van der Waals surface area contributed by atoms with Crippen molar-refractivity contribution in [1.82, 2.24) is 0 Å². The second-order valence-corrected chi connectivity index (χ2v) is 9.98. The molecule has 3 nitrogen and oxygen atoms in total. The lowest BCUT2D eigenvalue weighted by molar-refractivity contribution is -0.186. The molecule has 4 atom stereocenters. The Kier molecular flexibility index (Phi) is 3.24. The molecule has 4 aliphatic carbocycles. The predicted molar refractivity (Wildman–Crippen MR) is 80.1 cm³/mol. The molecule has 4 rings (SSSR count). The maximum absolute atomic E-state index is 11.9. The number of hydrogen-bond acceptors (Lipinski definition) is 4. The Hall–Kier alpha value is 0.210. The quantitative estimate of drug-likeness (QED) is 0.478. The van der Waals surface area contributed by atoms with Crippen LogP contribution in [0.25, 0.3) is 0 Å². The molecular formula is C14H23O3PS. The smallest absolute Gasteiger partial charge is 0.325 e. The standard InChI is InChI=1S/C14H23O3PS/c1-12(18,19)11(15)17-8-13-3-9-2-10(4-13)6-14(16,5-9)7-13/h9-10,16,19H,2-8,18H2,1H3. The van der Waals surface area contributed by atoms with Gasteiger partial charge in [-0.3, -0.25) is 4.79 Å². The number of ether oxygens (including phenoxy) is 1. The molecule has 4 bridgehead atoms. The summed E-state index contributed by atoms with van der Waals surface area (Å²) in [6.45, 7) is 2.17. The van der Waals surface area contributed by atoms with E-state index in [1.54, 1.807) is 6.92 Å². The van der Waals surface area contributed by atoms with Crippen LogP contribution in [0.4, 0.5) is 0 Å². The number of aliphatic hydroxyl groups is 1. The average Bonchev–Trinajstić information content (AvgIpc) is 2.21. The van der Waals surface area contributed by atoms with Crippen LogP contribution in [0.5, 0.6) is 0 Å². The van der Waals surface area contributed by atoms with Gasteiger partial charge >= 0.3 is 5.97 Å². The molecule has 0 aromatic heterocycles. The Morgan fingerprint density at radius 2 is 2.00 bits per heavy atom. The van der Waals surface area contributed by atoms with Gasteiger partial charge in [0, 0.05) is 5.41 Å². The Balaban J connectivity index is 1.69. The highest BCUT2D eigenvalue weighted by Crippen LogP contribution is 2.61. The first-order valence-corrected chi connectivity index (χ1v) is 8.13. The highest BCUT2D eigenvalue weighted by molar-refractivity contribution is 7.88. The molecular weight excluding hydrogens is 279 g/mol. The summed E-state index contributed by atoms with van der Waals surface area (Å²) in [5.74, 6) is 0.968. The zero-order valence-electron chi connectivity index (χ0n) is 11.4. The van der Waals surface area contributed by atoms with E-state index in [4.69, 9.17) is 4.74 Å². The van der Waals surface area contributed by atoms with Gasteiger partial charge in [0.1, 0.15) is 4.49 Å². The van der Waals surface area contributed by atoms with Crippen molar-refractivity contribution in [3.8, 4) is 0 Å². The maximum Gasteiger partial charge on any atom is 0.325 e. The van der Waals surface area contributed by atoms with Gasteiger partial charge in [-0.2, -0.15) is 12.6 Å². The molecule has 0 aliphatic heterocycles. The summed E-state index contributed by atoms with van der Waals surface area (Å²) >= 11 is 4.22. The van der Waals surface area contributed by atoms with Gasteiger partial charge in [-0.1, -0.05) is 0 Å². The third-order valence-corrected chi connectivity index (χ3v) is 5.49. The van der Waals surface area contributed by atoms with E-state index in [0.29, 0.717) is 18.4 Å². The van der Waals surface area contributed by atoms with E-state index in [9.17, 15) is 9.90 Å². The molecule has 1 N–H and O–H groups in total. The van der Waals surface area contributed by atoms with Gasteiger partial charge in [-0.15, -0.1) is 9.24 Å². The van der Waals surface area contributed by atoms with E-state index < -0.39 is 10.1 Å². The largest absolute Gasteiger partial charge is 0.464 e. The van der Waals surface area contributed by atoms with Crippen molar-refractivity contribution in [2.45, 2.75) is 55.5 Å². The molecule has 0 saturated heterocycles. The van der Waals surface area contributed by atoms with E-state index in [1.165, 1.54) is 6.42 Å². The lowest BCUT2D eigenvalue weighted by atomic mass is 9.48. The molecule has 0 amide bonds. The second kappa shape index (κ2) is 4.35. The summed E-state index contributed by atoms with van der Waals surface area (Å²) in [5.41, 5.74) is -0.458. The molecule has 0 aromatic rings. The molecule has 5 heteroatoms. The van der Waals surface area contributed by atoms with Gasteiger partial charge in [0.25, 0.3) is 0 Å². The number of thiol groups is 1. The van der Waals surface area contributed by atoms with Crippen molar-refractivity contribution < 1.29 is 14.6 Å². The minimum Gasteiger partial charge on any atom is -0.464 e. The third kappa shape index (κ3) is 2.69. The van der Waals surface area contributed by atoms with Crippen LogP contribution in [0.15, 0.2) is 0 Å². The molecule has 0 spiro atoms. The first-order chi connectivity index (χ1) is 8.70. The van der Waals surface area contributed by atoms with Gasteiger partial charge in [-0.05, 0) is 57.3 Å². The van der Waals surface area contributed by atoms with Crippen LogP contribution in [0.3, 0.4) is 0 Å². The van der Waals surface area contributed by atoms with E-state index in [-0.39, 0.29) is 11.4 Å². The van der Waals surface area contributed by atoms with Crippen LogP contribution in [-0.4, -0.2) is 27.8 Å². The number of carbonyl (C=O) groups excluding carboxylic acids is 1. The molecule has 4 aliphatic rings. The van der Waals surface area contributed by atoms with E-state index >= 15 is 0 Å². The Labute approximate surface area is 122 Å². The highest BCUT2D eigenvalue weighted by atomic mass is 32.1. The molecule has 4 saturated carbocycles. The average molecular weight is 302 g/mol. The fourth-order valence-electron chi connectivity index (χ4n) is 4.94. The first kappa shape index (κ1) is 14.2. The Morgan fingerprint density at radius 1 is 1.42 bits per heavy atom. The van der Waals surface area contributed by atoms with E-state index in [2.05, 4.69) is 21.9 Å². The minimum atomic E-state index is -0.820. The van der Waals surface area contributed by atoms with Crippen LogP contribution in [0, 0.1) is 17.3 Å². The van der Waals surface area contributed by atoms with Gasteiger partial charge in [0.05, 0.1) is 12.2 Å². The summed E-state index contributed by atoms with van der Waals surface area (Å²) in [4.78, 5) is 11.9. The fraction of sp³-hybridized carbons (Fsp3) is 0.929. The zero-order valence-corrected chi connectivity index (χ0v) is 13.4. The number of rotatable bonds is 3. The third-order valence-electron chi connectivity index (χ3n) is 5.07. The minimum absolute atomic E-state index is 0.0260. The zero-order chi connectivity index (χ0) is 13.9. The predicted octanol–water partition coefficient (Wildman–Crippen LogP) is 2.38. The molecule has 4 unspecified atom stereocenters. The molecule has 0 radical (unpaired) electrons. The summed E-state index contributed by atoms with van der Waals surface area (Å²) in [5, 5.41) is 10.6. The van der Waals surface area contributed by atoms with Crippen LogP contribution in [0.1, 0.15) is 45.4 Å². The fourth-order valence-corrected chi connectivity index (χ4v) is 5.08. The summed E-state index contributed by atoms with van der Waals surface area (Å²) in [6, 6.07) is 0. The lowest BCUT2D eigenvalue weighted by Gasteiger charge is -2.59. The van der Waals surface area contributed by atoms with E-state index in [0.717, 1.165) is 32.1 Å². The first-order valence-electron chi connectivity index (χ1n) is 7.11. The van der Waals surface area contributed by atoms with Crippen LogP contribution >= 0.6 is 21.9 Å². The molecule has 0 aromatic carbocycles. The van der Waals surface area contributed by atoms with Gasteiger partial charge in [-0.25, -0.2) is 0 Å². The molecule has 108 valence electrons. The monoisotopic (exact) mass is 302 g/mol. The van der Waals surface area contributed by atoms with Crippen LogP contribution in [0.2, 0.25) is 0 Å². The summed E-state index contributed by atoms with van der Waals surface area (Å²) in [7, 11) is 2.40. The van der Waals surface area contributed by atoms with Gasteiger partial charge < -0.3 is 9.84 Å². The topological polar surface area (TPSA) is 46.5 Å². The Bertz CT molecular complexity index is 390. The second-order valence-electron chi connectivity index (χ2n) is 7.41. The maximum atomic E-state index is 11.9. The van der Waals surface area contributed by atoms with Gasteiger partial charge in [0.15, 0.2) is 0 Å². The lowest BCUT2D eigenvalue weighted by Crippen LogP contribution is -2.57. The summed E-state index contributed by atoms with van der Waals surface area (Å²) in [6.07, 6.45) is 6.19. The van der Waals surface area contributed by atoms with Crippen molar-refractivity contribution >= 4 is 27.8 Å². The molecule has 4 fully saturated rings. The SMILES string of the molecule is CC(P)(S)C(=O)OCC12CC3CC(CC(O)(C3)C1)C2. The number of hydrogen-bond donors (Lipinski definition) is 2. The number of esters is 1. The van der Waals surface area contributed by atoms with Crippen LogP contribution < -0.4 is 0 Å². The van der Waals surface area contributed by atoms with Crippen molar-refractivity contribution in [3.05, 3.63) is 0 Å². The van der Waals surface area contributed by atoms with Crippen molar-refractivity contribution in [2.75, 3.05) is 6.61 Å². The normalized spacial score (nSPS) is 46.9. The summed E-state index contributed by atoms with van der Waals surface area (Å²) < 4.78 is 4.67. The van der Waals surface area contributed by atoms with Crippen molar-refractivity contribution in [3.63, 3.8) is 0 Å². The highest BCUT2D eigenvalue weighted by Gasteiger charge is 2.57. The Morgan fingerprint density at radius 3 is 2.47 bits per heavy atom. The van der Waals surface area contributed by atoms with Crippen LogP contribution in [-0.2, 0) is 9.53 Å². The molecule has 19 heavy (non-hydrogen) atoms. The van der Waals surface area contributed by atoms with Gasteiger partial charge in [0.2, 0.25) is 0 Å². The van der Waals surface area contributed by atoms with E-state index in [1.807, 2.05) is 0 Å².